The number of hydrogen-bond acceptors (Lipinski definition) is 5. The van der Waals surface area contributed by atoms with Gasteiger partial charge >= 0.3 is 5.97 Å². The maximum Gasteiger partial charge on any atom is 0.320 e. The second kappa shape index (κ2) is 11.0. The van der Waals surface area contributed by atoms with Crippen molar-refractivity contribution in [1.82, 2.24) is 15.5 Å². The van der Waals surface area contributed by atoms with Gasteiger partial charge in [-0.1, -0.05) is 6.08 Å². The van der Waals surface area contributed by atoms with Crippen LogP contribution in [0.5, 0.6) is 0 Å². The lowest BCUT2D eigenvalue weighted by Crippen LogP contribution is -2.42. The van der Waals surface area contributed by atoms with Gasteiger partial charge in [-0.25, -0.2) is 0 Å². The van der Waals surface area contributed by atoms with Crippen molar-refractivity contribution in [3.63, 3.8) is 0 Å². The van der Waals surface area contributed by atoms with Crippen LogP contribution in [0.4, 0.5) is 0 Å². The third kappa shape index (κ3) is 10.1. The number of amides is 2. The Labute approximate surface area is 119 Å². The Bertz CT molecular complexity index is 345. The third-order valence-electron chi connectivity index (χ3n) is 2.23. The number of nitrogens with one attached hydrogen (secondary N) is 2. The highest BCUT2D eigenvalue weighted by Gasteiger charge is 2.13. The summed E-state index contributed by atoms with van der Waals surface area (Å²) < 4.78 is 4.83. The maximum absolute atomic E-state index is 11.7. The molecule has 0 aromatic carbocycles. The molecule has 0 fully saturated rings. The van der Waals surface area contributed by atoms with E-state index in [2.05, 4.69) is 17.2 Å². The molecule has 114 valence electrons. The molecule has 20 heavy (non-hydrogen) atoms. The molecule has 7 nitrogen and oxygen atoms in total. The minimum absolute atomic E-state index is 0.0407. The highest BCUT2D eigenvalue weighted by atomic mass is 16.5. The van der Waals surface area contributed by atoms with Crippen LogP contribution in [0.1, 0.15) is 13.8 Å². The normalized spacial score (nSPS) is 9.95. The third-order valence-corrected chi connectivity index (χ3v) is 2.23. The van der Waals surface area contributed by atoms with E-state index in [0.29, 0.717) is 26.2 Å². The monoisotopic (exact) mass is 285 g/mol. The SMILES string of the molecule is C=CCN(CC(=O)NCCNC(C)=O)CC(=O)OCC. The van der Waals surface area contributed by atoms with E-state index in [-0.39, 0.29) is 30.9 Å². The largest absolute Gasteiger partial charge is 0.465 e. The lowest BCUT2D eigenvalue weighted by atomic mass is 10.4. The summed E-state index contributed by atoms with van der Waals surface area (Å²) in [6.07, 6.45) is 1.61. The van der Waals surface area contributed by atoms with Crippen LogP contribution in [0.2, 0.25) is 0 Å². The smallest absolute Gasteiger partial charge is 0.320 e. The minimum atomic E-state index is -0.375. The van der Waals surface area contributed by atoms with Crippen LogP contribution in [0.15, 0.2) is 12.7 Å². The Morgan fingerprint density at radius 2 is 1.85 bits per heavy atom. The molecule has 0 spiro atoms. The van der Waals surface area contributed by atoms with Crippen molar-refractivity contribution in [3.05, 3.63) is 12.7 Å². The Hall–Kier alpha value is -1.89. The molecule has 0 aromatic heterocycles. The first kappa shape index (κ1) is 18.1. The summed E-state index contributed by atoms with van der Waals surface area (Å²) in [4.78, 5) is 35.3. The molecule has 0 radical (unpaired) electrons. The first-order valence-corrected chi connectivity index (χ1v) is 6.49. The fourth-order valence-corrected chi connectivity index (χ4v) is 1.46. The molecule has 0 bridgehead atoms. The number of ether oxygens (including phenoxy) is 1. The Morgan fingerprint density at radius 3 is 2.40 bits per heavy atom. The molecule has 7 heteroatoms. The van der Waals surface area contributed by atoms with E-state index in [0.717, 1.165) is 0 Å². The molecule has 0 aliphatic rings. The second-order valence-electron chi connectivity index (χ2n) is 4.10. The predicted molar refractivity (Wildman–Crippen MR) is 75.0 cm³/mol. The van der Waals surface area contributed by atoms with Crippen molar-refractivity contribution < 1.29 is 19.1 Å². The molecule has 0 unspecified atom stereocenters. The van der Waals surface area contributed by atoms with Crippen LogP contribution in [0.3, 0.4) is 0 Å². The fraction of sp³-hybridized carbons (Fsp3) is 0.615. The zero-order chi connectivity index (χ0) is 15.4. The average Bonchev–Trinajstić information content (AvgIpc) is 2.35. The van der Waals surface area contributed by atoms with E-state index in [1.165, 1.54) is 6.92 Å². The van der Waals surface area contributed by atoms with Crippen LogP contribution >= 0.6 is 0 Å². The summed E-state index contributed by atoms with van der Waals surface area (Å²) in [6, 6.07) is 0. The minimum Gasteiger partial charge on any atom is -0.465 e. The summed E-state index contributed by atoms with van der Waals surface area (Å²) in [5, 5.41) is 5.22. The Kier molecular flexibility index (Phi) is 9.94. The summed E-state index contributed by atoms with van der Waals surface area (Å²) in [6.45, 7) is 8.28. The Morgan fingerprint density at radius 1 is 1.20 bits per heavy atom. The maximum atomic E-state index is 11.7. The highest BCUT2D eigenvalue weighted by molar-refractivity contribution is 5.79. The predicted octanol–water partition coefficient (Wildman–Crippen LogP) is -0.710. The highest BCUT2D eigenvalue weighted by Crippen LogP contribution is 1.91. The quantitative estimate of drug-likeness (QED) is 0.314. The first-order chi connectivity index (χ1) is 9.49. The molecule has 0 saturated heterocycles. The van der Waals surface area contributed by atoms with E-state index < -0.39 is 0 Å². The lowest BCUT2D eigenvalue weighted by molar-refractivity contribution is -0.144. The van der Waals surface area contributed by atoms with Gasteiger partial charge in [0.05, 0.1) is 19.7 Å². The van der Waals surface area contributed by atoms with Crippen molar-refractivity contribution in [2.45, 2.75) is 13.8 Å². The molecular weight excluding hydrogens is 262 g/mol. The topological polar surface area (TPSA) is 87.7 Å². The van der Waals surface area contributed by atoms with Gasteiger partial charge in [0, 0.05) is 26.6 Å². The number of rotatable bonds is 10. The van der Waals surface area contributed by atoms with Gasteiger partial charge in [-0.05, 0) is 6.92 Å². The van der Waals surface area contributed by atoms with Crippen LogP contribution in [0.25, 0.3) is 0 Å². The van der Waals surface area contributed by atoms with Gasteiger partial charge in [-0.15, -0.1) is 6.58 Å². The van der Waals surface area contributed by atoms with Gasteiger partial charge in [-0.2, -0.15) is 0 Å². The van der Waals surface area contributed by atoms with E-state index in [9.17, 15) is 14.4 Å². The molecule has 2 N–H and O–H groups in total. The number of hydrogen-bond donors (Lipinski definition) is 2. The zero-order valence-electron chi connectivity index (χ0n) is 12.1. The van der Waals surface area contributed by atoms with E-state index in [4.69, 9.17) is 4.74 Å². The van der Waals surface area contributed by atoms with Gasteiger partial charge < -0.3 is 15.4 Å². The van der Waals surface area contributed by atoms with Crippen LogP contribution < -0.4 is 10.6 Å². The number of carbonyl (C=O) groups is 3. The van der Waals surface area contributed by atoms with Gasteiger partial charge in [0.25, 0.3) is 0 Å². The standard InChI is InChI=1S/C13H23N3O4/c1-4-8-16(10-13(19)20-5-2)9-12(18)15-7-6-14-11(3)17/h4H,1,5-10H2,2-3H3,(H,14,17)(H,15,18). The van der Waals surface area contributed by atoms with Gasteiger partial charge in [0.2, 0.25) is 11.8 Å². The number of esters is 1. The molecule has 2 amide bonds. The van der Waals surface area contributed by atoms with E-state index >= 15 is 0 Å². The van der Waals surface area contributed by atoms with Gasteiger partial charge in [-0.3, -0.25) is 19.3 Å². The average molecular weight is 285 g/mol. The van der Waals surface area contributed by atoms with Gasteiger partial charge in [0.15, 0.2) is 0 Å². The van der Waals surface area contributed by atoms with Crippen LogP contribution in [-0.4, -0.2) is 62.0 Å². The summed E-state index contributed by atoms with van der Waals surface area (Å²) in [5.74, 6) is -0.739. The molecule has 0 aliphatic heterocycles. The van der Waals surface area contributed by atoms with E-state index in [1.54, 1.807) is 17.9 Å². The zero-order valence-corrected chi connectivity index (χ0v) is 12.1. The summed E-state index contributed by atoms with van der Waals surface area (Å²) in [7, 11) is 0. The van der Waals surface area contributed by atoms with Crippen molar-refractivity contribution in [3.8, 4) is 0 Å². The summed E-state index contributed by atoms with van der Waals surface area (Å²) >= 11 is 0. The van der Waals surface area contributed by atoms with Crippen molar-refractivity contribution in [2.75, 3.05) is 39.3 Å². The van der Waals surface area contributed by atoms with Gasteiger partial charge in [0.1, 0.15) is 0 Å². The van der Waals surface area contributed by atoms with Crippen molar-refractivity contribution >= 4 is 17.8 Å². The molecule has 0 atom stereocenters. The number of nitrogens with zero attached hydrogens (tertiary/aromatic N) is 1. The van der Waals surface area contributed by atoms with Crippen molar-refractivity contribution in [1.29, 1.82) is 0 Å². The van der Waals surface area contributed by atoms with Crippen LogP contribution in [0, 0.1) is 0 Å². The summed E-state index contributed by atoms with van der Waals surface area (Å²) in [5.41, 5.74) is 0. The molecule has 0 aliphatic carbocycles. The molecule has 0 saturated carbocycles. The lowest BCUT2D eigenvalue weighted by Gasteiger charge is -2.18. The molecular formula is C13H23N3O4. The van der Waals surface area contributed by atoms with E-state index in [1.807, 2.05) is 0 Å². The number of carbonyl (C=O) groups excluding carboxylic acids is 3. The Balaban J connectivity index is 4.03. The van der Waals surface area contributed by atoms with Crippen LogP contribution in [-0.2, 0) is 19.1 Å². The molecule has 0 aromatic rings. The molecule has 0 heterocycles. The second-order valence-corrected chi connectivity index (χ2v) is 4.10. The van der Waals surface area contributed by atoms with Crippen molar-refractivity contribution in [2.24, 2.45) is 0 Å². The fourth-order valence-electron chi connectivity index (χ4n) is 1.46. The molecule has 0 rings (SSSR count). The first-order valence-electron chi connectivity index (χ1n) is 6.49.